The molecular weight excluding hydrogens is 394 g/mol. The van der Waals surface area contributed by atoms with Crippen molar-refractivity contribution in [3.05, 3.63) is 72.3 Å². The van der Waals surface area contributed by atoms with Gasteiger partial charge >= 0.3 is 6.03 Å². The third kappa shape index (κ3) is 3.70. The Morgan fingerprint density at radius 1 is 1.03 bits per heavy atom. The topological polar surface area (TPSA) is 87.7 Å². The molecule has 3 aromatic rings. The van der Waals surface area contributed by atoms with Gasteiger partial charge in [-0.2, -0.15) is 0 Å². The first-order chi connectivity index (χ1) is 15.0. The van der Waals surface area contributed by atoms with Gasteiger partial charge in [0.25, 0.3) is 5.91 Å². The van der Waals surface area contributed by atoms with Crippen LogP contribution in [-0.2, 0) is 15.1 Å². The number of amides is 4. The highest BCUT2D eigenvalue weighted by atomic mass is 16.5. The molecular formula is C24H23N3O4. The first-order valence-corrected chi connectivity index (χ1v) is 10.0. The highest BCUT2D eigenvalue weighted by Crippen LogP contribution is 2.33. The molecule has 3 aromatic carbocycles. The largest absolute Gasteiger partial charge is 0.497 e. The van der Waals surface area contributed by atoms with Crippen molar-refractivity contribution in [2.45, 2.75) is 18.9 Å². The summed E-state index contributed by atoms with van der Waals surface area (Å²) in [6.07, 6.45) is 0.354. The lowest BCUT2D eigenvalue weighted by atomic mass is 9.87. The molecule has 2 N–H and O–H groups in total. The number of urea groups is 1. The fourth-order valence-electron chi connectivity index (χ4n) is 3.90. The second-order valence-electron chi connectivity index (χ2n) is 7.42. The minimum atomic E-state index is -1.20. The number of carbonyl (C=O) groups is 3. The first kappa shape index (κ1) is 20.4. The molecule has 4 rings (SSSR count). The number of fused-ring (bicyclic) bond motifs is 1. The Morgan fingerprint density at radius 2 is 1.74 bits per heavy atom. The van der Waals surface area contributed by atoms with E-state index in [1.807, 2.05) is 43.3 Å². The lowest BCUT2D eigenvalue weighted by Gasteiger charge is -2.26. The Kier molecular flexibility index (Phi) is 5.33. The van der Waals surface area contributed by atoms with Crippen molar-refractivity contribution in [1.29, 1.82) is 0 Å². The van der Waals surface area contributed by atoms with Crippen LogP contribution in [0.15, 0.2) is 66.7 Å². The van der Waals surface area contributed by atoms with E-state index in [4.69, 9.17) is 4.74 Å². The number of imide groups is 1. The third-order valence-electron chi connectivity index (χ3n) is 5.62. The summed E-state index contributed by atoms with van der Waals surface area (Å²) >= 11 is 0. The van der Waals surface area contributed by atoms with Gasteiger partial charge in [0.15, 0.2) is 0 Å². The number of hydrogen-bond acceptors (Lipinski definition) is 4. The van der Waals surface area contributed by atoms with E-state index in [1.165, 1.54) is 0 Å². The smallest absolute Gasteiger partial charge is 0.325 e. The Morgan fingerprint density at radius 3 is 2.42 bits per heavy atom. The van der Waals surface area contributed by atoms with Crippen LogP contribution in [0.1, 0.15) is 18.9 Å². The van der Waals surface area contributed by atoms with E-state index in [0.717, 1.165) is 15.7 Å². The van der Waals surface area contributed by atoms with Crippen LogP contribution < -0.4 is 15.4 Å². The fraction of sp³-hybridized carbons (Fsp3) is 0.208. The predicted molar refractivity (Wildman–Crippen MR) is 118 cm³/mol. The van der Waals surface area contributed by atoms with Crippen LogP contribution in [0, 0.1) is 0 Å². The van der Waals surface area contributed by atoms with Crippen LogP contribution >= 0.6 is 0 Å². The van der Waals surface area contributed by atoms with Gasteiger partial charge in [-0.1, -0.05) is 49.4 Å². The summed E-state index contributed by atoms with van der Waals surface area (Å²) in [4.78, 5) is 39.4. The van der Waals surface area contributed by atoms with Crippen molar-refractivity contribution in [3.8, 4) is 5.75 Å². The van der Waals surface area contributed by atoms with Gasteiger partial charge < -0.3 is 15.4 Å². The lowest BCUT2D eigenvalue weighted by Crippen LogP contribution is -2.44. The fourth-order valence-corrected chi connectivity index (χ4v) is 3.90. The van der Waals surface area contributed by atoms with Crippen molar-refractivity contribution >= 4 is 34.3 Å². The van der Waals surface area contributed by atoms with Crippen molar-refractivity contribution in [2.75, 3.05) is 19.0 Å². The second-order valence-corrected chi connectivity index (χ2v) is 7.42. The number of methoxy groups -OCH3 is 1. The monoisotopic (exact) mass is 417 g/mol. The molecule has 0 radical (unpaired) electrons. The maximum absolute atomic E-state index is 13.2. The Balaban J connectivity index is 1.51. The van der Waals surface area contributed by atoms with Gasteiger partial charge in [0, 0.05) is 5.69 Å². The van der Waals surface area contributed by atoms with Gasteiger partial charge in [-0.05, 0) is 47.0 Å². The van der Waals surface area contributed by atoms with E-state index in [0.29, 0.717) is 23.4 Å². The number of anilines is 1. The van der Waals surface area contributed by atoms with Crippen LogP contribution in [0.3, 0.4) is 0 Å². The molecule has 7 nitrogen and oxygen atoms in total. The van der Waals surface area contributed by atoms with E-state index in [-0.39, 0.29) is 6.54 Å². The summed E-state index contributed by atoms with van der Waals surface area (Å²) in [6.45, 7) is 1.45. The molecule has 0 spiro atoms. The zero-order valence-electron chi connectivity index (χ0n) is 17.3. The average Bonchev–Trinajstić information content (AvgIpc) is 3.04. The molecule has 1 aliphatic rings. The molecule has 0 aromatic heterocycles. The quantitative estimate of drug-likeness (QED) is 0.600. The van der Waals surface area contributed by atoms with Crippen LogP contribution in [-0.4, -0.2) is 36.4 Å². The molecule has 7 heteroatoms. The summed E-state index contributed by atoms with van der Waals surface area (Å²) in [5, 5.41) is 7.60. The zero-order chi connectivity index (χ0) is 22.0. The van der Waals surface area contributed by atoms with Gasteiger partial charge in [0.05, 0.1) is 7.11 Å². The molecule has 0 aliphatic carbocycles. The van der Waals surface area contributed by atoms with Gasteiger partial charge in [0.2, 0.25) is 5.91 Å². The summed E-state index contributed by atoms with van der Waals surface area (Å²) < 4.78 is 5.17. The highest BCUT2D eigenvalue weighted by molar-refractivity contribution is 6.10. The lowest BCUT2D eigenvalue weighted by molar-refractivity contribution is -0.134. The van der Waals surface area contributed by atoms with Crippen LogP contribution in [0.4, 0.5) is 10.5 Å². The van der Waals surface area contributed by atoms with Crippen molar-refractivity contribution < 1.29 is 19.1 Å². The summed E-state index contributed by atoms with van der Waals surface area (Å²) in [7, 11) is 1.56. The normalized spacial score (nSPS) is 18.2. The first-order valence-electron chi connectivity index (χ1n) is 10.0. The van der Waals surface area contributed by atoms with Crippen molar-refractivity contribution in [2.24, 2.45) is 0 Å². The second kappa shape index (κ2) is 8.10. The van der Waals surface area contributed by atoms with Crippen molar-refractivity contribution in [3.63, 3.8) is 0 Å². The maximum Gasteiger partial charge on any atom is 0.325 e. The molecule has 1 fully saturated rings. The molecule has 158 valence electrons. The van der Waals surface area contributed by atoms with E-state index < -0.39 is 23.4 Å². The molecule has 0 bridgehead atoms. The number of nitrogens with zero attached hydrogens (tertiary/aromatic N) is 1. The van der Waals surface area contributed by atoms with Crippen LogP contribution in [0.2, 0.25) is 0 Å². The van der Waals surface area contributed by atoms with E-state index in [1.54, 1.807) is 37.4 Å². The molecule has 1 saturated heterocycles. The molecule has 1 heterocycles. The van der Waals surface area contributed by atoms with Gasteiger partial charge in [-0.25, -0.2) is 4.79 Å². The summed E-state index contributed by atoms with van der Waals surface area (Å²) in [5.41, 5.74) is 0.0475. The molecule has 0 saturated carbocycles. The number of hydrogen-bond donors (Lipinski definition) is 2. The minimum absolute atomic E-state index is 0.354. The van der Waals surface area contributed by atoms with E-state index in [2.05, 4.69) is 10.6 Å². The van der Waals surface area contributed by atoms with Crippen LogP contribution in [0.25, 0.3) is 10.8 Å². The standard InChI is InChI=1S/C24H23N3O4/c1-3-24(18-9-12-20(31-2)13-10-18)22(29)27(23(30)26-24)15-21(28)25-19-11-8-16-6-4-5-7-17(16)14-19/h4-14H,3,15H2,1-2H3,(H,25,28)(H,26,30)/t24-/m1/s1. The number of benzene rings is 3. The molecule has 0 unspecified atom stereocenters. The third-order valence-corrected chi connectivity index (χ3v) is 5.62. The molecule has 4 amide bonds. The Hall–Kier alpha value is -3.87. The highest BCUT2D eigenvalue weighted by Gasteiger charge is 2.51. The van der Waals surface area contributed by atoms with E-state index in [9.17, 15) is 14.4 Å². The number of ether oxygens (including phenoxy) is 1. The SMILES string of the molecule is CC[C@]1(c2ccc(OC)cc2)NC(=O)N(CC(=O)Nc2ccc3ccccc3c2)C1=O. The van der Waals surface area contributed by atoms with Gasteiger partial charge in [-0.15, -0.1) is 0 Å². The van der Waals surface area contributed by atoms with Crippen molar-refractivity contribution in [1.82, 2.24) is 10.2 Å². The van der Waals surface area contributed by atoms with Gasteiger partial charge in [0.1, 0.15) is 17.8 Å². The van der Waals surface area contributed by atoms with E-state index >= 15 is 0 Å². The molecule has 1 aliphatic heterocycles. The van der Waals surface area contributed by atoms with Gasteiger partial charge in [-0.3, -0.25) is 14.5 Å². The summed E-state index contributed by atoms with van der Waals surface area (Å²) in [6, 6.07) is 19.7. The number of nitrogens with one attached hydrogen (secondary N) is 2. The molecule has 1 atom stereocenters. The molecule has 31 heavy (non-hydrogen) atoms. The number of rotatable bonds is 6. The predicted octanol–water partition coefficient (Wildman–Crippen LogP) is 3.64. The Labute approximate surface area is 180 Å². The maximum atomic E-state index is 13.2. The Bertz CT molecular complexity index is 1160. The summed E-state index contributed by atoms with van der Waals surface area (Å²) in [5.74, 6) is -0.238. The zero-order valence-corrected chi connectivity index (χ0v) is 17.3. The number of carbonyl (C=O) groups excluding carboxylic acids is 3. The average molecular weight is 417 g/mol. The van der Waals surface area contributed by atoms with Crippen LogP contribution in [0.5, 0.6) is 5.75 Å². The minimum Gasteiger partial charge on any atom is -0.497 e.